The molecule has 3 aromatic rings. The molecule has 1 fully saturated rings. The second-order valence-corrected chi connectivity index (χ2v) is 7.85. The number of ketones is 1. The third kappa shape index (κ3) is 4.45. The maximum Gasteiger partial charge on any atom is 0.337 e. The van der Waals surface area contributed by atoms with Crippen molar-refractivity contribution >= 4 is 23.4 Å². The van der Waals surface area contributed by atoms with Crippen molar-refractivity contribution in [2.45, 2.75) is 12.5 Å². The number of hydrogen-bond acceptors (Lipinski definition) is 5. The number of ether oxygens (including phenoxy) is 1. The summed E-state index contributed by atoms with van der Waals surface area (Å²) < 4.78 is 18.1. The Balaban J connectivity index is 1.78. The van der Waals surface area contributed by atoms with Crippen LogP contribution in [0.25, 0.3) is 5.76 Å². The van der Waals surface area contributed by atoms with E-state index in [0.29, 0.717) is 17.5 Å². The highest BCUT2D eigenvalue weighted by Gasteiger charge is 2.45. The molecule has 0 saturated carbocycles. The molecule has 0 spiro atoms. The summed E-state index contributed by atoms with van der Waals surface area (Å²) in [6.07, 6.45) is 0.501. The lowest BCUT2D eigenvalue weighted by atomic mass is 9.94. The molecule has 0 aliphatic carbocycles. The molecule has 1 unspecified atom stereocenters. The Labute approximate surface area is 195 Å². The predicted molar refractivity (Wildman–Crippen MR) is 123 cm³/mol. The molecule has 34 heavy (non-hydrogen) atoms. The molecule has 4 rings (SSSR count). The van der Waals surface area contributed by atoms with Crippen molar-refractivity contribution < 1.29 is 28.6 Å². The first kappa shape index (κ1) is 22.9. The smallest absolute Gasteiger partial charge is 0.337 e. The third-order valence-electron chi connectivity index (χ3n) is 5.79. The van der Waals surface area contributed by atoms with Crippen LogP contribution in [0, 0.1) is 5.82 Å². The van der Waals surface area contributed by atoms with Gasteiger partial charge in [-0.25, -0.2) is 9.18 Å². The van der Waals surface area contributed by atoms with Gasteiger partial charge in [0.2, 0.25) is 0 Å². The SMILES string of the molecule is COC(=O)c1ccc(C2/C(=C(\O)c3ccc(F)cc3)C(=O)C(=O)N2CCc2ccccc2)cc1. The van der Waals surface area contributed by atoms with Gasteiger partial charge in [0.05, 0.1) is 24.3 Å². The molecule has 1 aliphatic rings. The molecule has 0 bridgehead atoms. The molecule has 0 aromatic heterocycles. The average Bonchev–Trinajstić information content (AvgIpc) is 3.12. The molecule has 1 atom stereocenters. The molecule has 0 radical (unpaired) electrons. The van der Waals surface area contributed by atoms with E-state index in [1.807, 2.05) is 30.3 Å². The first-order valence-electron chi connectivity index (χ1n) is 10.7. The summed E-state index contributed by atoms with van der Waals surface area (Å²) in [6, 6.07) is 20.0. The van der Waals surface area contributed by atoms with Crippen LogP contribution in [0.3, 0.4) is 0 Å². The van der Waals surface area contributed by atoms with Crippen LogP contribution in [-0.2, 0) is 20.7 Å². The number of aliphatic hydroxyl groups is 1. The van der Waals surface area contributed by atoms with E-state index in [1.165, 1.54) is 48.4 Å². The van der Waals surface area contributed by atoms with Crippen molar-refractivity contribution in [1.82, 2.24) is 4.90 Å². The zero-order valence-electron chi connectivity index (χ0n) is 18.4. The van der Waals surface area contributed by atoms with E-state index in [1.54, 1.807) is 12.1 Å². The Morgan fingerprint density at radius 3 is 2.18 bits per heavy atom. The zero-order valence-corrected chi connectivity index (χ0v) is 18.4. The van der Waals surface area contributed by atoms with E-state index in [2.05, 4.69) is 0 Å². The van der Waals surface area contributed by atoms with Crippen LogP contribution < -0.4 is 0 Å². The Morgan fingerprint density at radius 2 is 1.56 bits per heavy atom. The van der Waals surface area contributed by atoms with Gasteiger partial charge in [-0.1, -0.05) is 42.5 Å². The van der Waals surface area contributed by atoms with Gasteiger partial charge in [-0.05, 0) is 53.9 Å². The third-order valence-corrected chi connectivity index (χ3v) is 5.79. The van der Waals surface area contributed by atoms with Gasteiger partial charge in [0.15, 0.2) is 0 Å². The minimum atomic E-state index is -0.875. The lowest BCUT2D eigenvalue weighted by Gasteiger charge is -2.25. The van der Waals surface area contributed by atoms with E-state index in [-0.39, 0.29) is 23.4 Å². The number of carbonyl (C=O) groups excluding carboxylic acids is 3. The fourth-order valence-corrected chi connectivity index (χ4v) is 4.03. The van der Waals surface area contributed by atoms with Crippen LogP contribution >= 0.6 is 0 Å². The van der Waals surface area contributed by atoms with Crippen molar-refractivity contribution in [2.24, 2.45) is 0 Å². The molecule has 3 aromatic carbocycles. The number of carbonyl (C=O) groups is 3. The largest absolute Gasteiger partial charge is 0.507 e. The van der Waals surface area contributed by atoms with Crippen LogP contribution in [0.5, 0.6) is 0 Å². The van der Waals surface area contributed by atoms with Gasteiger partial charge in [0, 0.05) is 12.1 Å². The Bertz CT molecular complexity index is 1250. The summed E-state index contributed by atoms with van der Waals surface area (Å²) in [5.74, 6) is -2.95. The zero-order chi connectivity index (χ0) is 24.2. The normalized spacial score (nSPS) is 17.1. The summed E-state index contributed by atoms with van der Waals surface area (Å²) in [7, 11) is 1.28. The predicted octanol–water partition coefficient (Wildman–Crippen LogP) is 4.28. The molecular weight excluding hydrogens is 437 g/mol. The summed E-state index contributed by atoms with van der Waals surface area (Å²) in [5.41, 5.74) is 1.98. The first-order chi connectivity index (χ1) is 16.4. The summed E-state index contributed by atoms with van der Waals surface area (Å²) in [5, 5.41) is 11.0. The second-order valence-electron chi connectivity index (χ2n) is 7.85. The highest BCUT2D eigenvalue weighted by molar-refractivity contribution is 6.46. The van der Waals surface area contributed by atoms with Gasteiger partial charge in [-0.3, -0.25) is 9.59 Å². The lowest BCUT2D eigenvalue weighted by Crippen LogP contribution is -2.31. The number of halogens is 1. The molecular formula is C27H22FNO5. The van der Waals surface area contributed by atoms with Gasteiger partial charge in [-0.15, -0.1) is 0 Å². The minimum absolute atomic E-state index is 0.0875. The molecule has 172 valence electrons. The summed E-state index contributed by atoms with van der Waals surface area (Å²) in [4.78, 5) is 39.3. The number of aliphatic hydroxyl groups excluding tert-OH is 1. The molecule has 1 saturated heterocycles. The highest BCUT2D eigenvalue weighted by atomic mass is 19.1. The number of likely N-dealkylation sites (tertiary alicyclic amines) is 1. The Hall–Kier alpha value is -4.26. The van der Waals surface area contributed by atoms with E-state index < -0.39 is 29.5 Å². The number of amides is 1. The molecule has 1 amide bonds. The van der Waals surface area contributed by atoms with E-state index in [0.717, 1.165) is 5.56 Å². The van der Waals surface area contributed by atoms with E-state index in [4.69, 9.17) is 4.74 Å². The maximum atomic E-state index is 13.4. The van der Waals surface area contributed by atoms with Crippen LogP contribution in [0.4, 0.5) is 4.39 Å². The molecule has 1 heterocycles. The summed E-state index contributed by atoms with van der Waals surface area (Å²) >= 11 is 0. The van der Waals surface area contributed by atoms with Crippen molar-refractivity contribution in [3.63, 3.8) is 0 Å². The van der Waals surface area contributed by atoms with Crippen molar-refractivity contribution in [3.8, 4) is 0 Å². The quantitative estimate of drug-likeness (QED) is 0.258. The number of nitrogens with zero attached hydrogens (tertiary/aromatic N) is 1. The standard InChI is InChI=1S/C27H22FNO5/c1-34-27(33)20-9-7-18(8-10-20)23-22(24(30)19-11-13-21(28)14-12-19)25(31)26(32)29(23)16-15-17-5-3-2-4-6-17/h2-14,23,30H,15-16H2,1H3/b24-22+. The number of methoxy groups -OCH3 is 1. The van der Waals surface area contributed by atoms with Gasteiger partial charge >= 0.3 is 5.97 Å². The number of esters is 1. The Kier molecular flexibility index (Phi) is 6.54. The monoisotopic (exact) mass is 459 g/mol. The van der Waals surface area contributed by atoms with Crippen LogP contribution in [-0.4, -0.2) is 41.3 Å². The number of Topliss-reactive ketones (excluding diaryl/α,β-unsaturated/α-hetero) is 1. The van der Waals surface area contributed by atoms with Crippen molar-refractivity contribution in [1.29, 1.82) is 0 Å². The number of benzene rings is 3. The van der Waals surface area contributed by atoms with Crippen LogP contribution in [0.15, 0.2) is 84.4 Å². The van der Waals surface area contributed by atoms with Gasteiger partial charge in [0.1, 0.15) is 11.6 Å². The number of rotatable bonds is 6. The van der Waals surface area contributed by atoms with Crippen LogP contribution in [0.1, 0.15) is 33.1 Å². The van der Waals surface area contributed by atoms with Gasteiger partial charge in [0.25, 0.3) is 11.7 Å². The summed E-state index contributed by atoms with van der Waals surface area (Å²) in [6.45, 7) is 0.234. The fraction of sp³-hybridized carbons (Fsp3) is 0.148. The number of hydrogen-bond donors (Lipinski definition) is 1. The van der Waals surface area contributed by atoms with Crippen molar-refractivity contribution in [2.75, 3.05) is 13.7 Å². The highest BCUT2D eigenvalue weighted by Crippen LogP contribution is 2.39. The molecule has 6 nitrogen and oxygen atoms in total. The molecule has 7 heteroatoms. The molecule has 1 aliphatic heterocycles. The fourth-order valence-electron chi connectivity index (χ4n) is 4.03. The Morgan fingerprint density at radius 1 is 0.941 bits per heavy atom. The van der Waals surface area contributed by atoms with Gasteiger partial charge in [-0.2, -0.15) is 0 Å². The van der Waals surface area contributed by atoms with E-state index in [9.17, 15) is 23.9 Å². The van der Waals surface area contributed by atoms with Gasteiger partial charge < -0.3 is 14.7 Å². The minimum Gasteiger partial charge on any atom is -0.507 e. The first-order valence-corrected chi connectivity index (χ1v) is 10.7. The van der Waals surface area contributed by atoms with Crippen molar-refractivity contribution in [3.05, 3.63) is 113 Å². The van der Waals surface area contributed by atoms with Crippen LogP contribution in [0.2, 0.25) is 0 Å². The second kappa shape index (κ2) is 9.70. The topological polar surface area (TPSA) is 83.9 Å². The molecule has 1 N–H and O–H groups in total. The average molecular weight is 459 g/mol. The lowest BCUT2D eigenvalue weighted by molar-refractivity contribution is -0.139. The van der Waals surface area contributed by atoms with E-state index >= 15 is 0 Å². The maximum absolute atomic E-state index is 13.4.